The van der Waals surface area contributed by atoms with Crippen LogP contribution in [0.15, 0.2) is 24.3 Å². The van der Waals surface area contributed by atoms with Crippen molar-refractivity contribution < 1.29 is 15.0 Å². The summed E-state index contributed by atoms with van der Waals surface area (Å²) in [6.07, 6.45) is 92.5. The SMILES string of the molecule is CCCCCCCCCCCCCCCCC/C=C\C/C=C\CCCCCCCCCCCCCCCCCCCC(=O)NC(CO)C(O)CCCCCCCCCCCCCCCCCCCCCCCCCCC. The van der Waals surface area contributed by atoms with E-state index < -0.39 is 12.1 Å². The van der Waals surface area contributed by atoms with E-state index in [4.69, 9.17) is 0 Å². The summed E-state index contributed by atoms with van der Waals surface area (Å²) >= 11 is 0. The molecule has 0 heterocycles. The van der Waals surface area contributed by atoms with Gasteiger partial charge in [-0.15, -0.1) is 0 Å². The molecular weight excluding hydrogens is 927 g/mol. The maximum absolute atomic E-state index is 12.6. The van der Waals surface area contributed by atoms with Gasteiger partial charge in [0.05, 0.1) is 18.8 Å². The van der Waals surface area contributed by atoms with Crippen LogP contribution in [-0.2, 0) is 4.79 Å². The van der Waals surface area contributed by atoms with Gasteiger partial charge in [-0.1, -0.05) is 385 Å². The van der Waals surface area contributed by atoms with Gasteiger partial charge in [-0.25, -0.2) is 0 Å². The van der Waals surface area contributed by atoms with Crippen LogP contribution in [0.1, 0.15) is 412 Å². The summed E-state index contributed by atoms with van der Waals surface area (Å²) in [5.41, 5.74) is 0. The number of amides is 1. The Morgan fingerprint density at radius 2 is 0.539 bits per heavy atom. The van der Waals surface area contributed by atoms with Crippen molar-refractivity contribution in [3.8, 4) is 0 Å². The number of hydrogen-bond acceptors (Lipinski definition) is 3. The van der Waals surface area contributed by atoms with E-state index >= 15 is 0 Å². The van der Waals surface area contributed by atoms with E-state index in [1.54, 1.807) is 0 Å². The summed E-state index contributed by atoms with van der Waals surface area (Å²) in [7, 11) is 0. The van der Waals surface area contributed by atoms with E-state index in [1.165, 1.54) is 353 Å². The van der Waals surface area contributed by atoms with E-state index in [1.807, 2.05) is 0 Å². The lowest BCUT2D eigenvalue weighted by atomic mass is 10.0. The second-order valence-electron chi connectivity index (χ2n) is 24.7. The van der Waals surface area contributed by atoms with Crippen molar-refractivity contribution in [3.63, 3.8) is 0 Å². The summed E-state index contributed by atoms with van der Waals surface area (Å²) in [6, 6.07) is -0.536. The highest BCUT2D eigenvalue weighted by molar-refractivity contribution is 5.76. The molecule has 0 bridgehead atoms. The zero-order valence-electron chi connectivity index (χ0n) is 52.3. The average molecular weight is 1070 g/mol. The molecule has 452 valence electrons. The van der Waals surface area contributed by atoms with Gasteiger partial charge in [-0.2, -0.15) is 0 Å². The van der Waals surface area contributed by atoms with Crippen LogP contribution in [0, 0.1) is 0 Å². The van der Waals surface area contributed by atoms with E-state index in [2.05, 4.69) is 43.5 Å². The largest absolute Gasteiger partial charge is 0.394 e. The molecule has 0 aliphatic rings. The van der Waals surface area contributed by atoms with Gasteiger partial charge in [0.2, 0.25) is 5.91 Å². The highest BCUT2D eigenvalue weighted by Gasteiger charge is 2.20. The number of unbranched alkanes of at least 4 members (excludes halogenated alkanes) is 56. The molecule has 0 aromatic rings. The Morgan fingerprint density at radius 1 is 0.316 bits per heavy atom. The minimum absolute atomic E-state index is 0.0229. The molecular formula is C72H141NO3. The summed E-state index contributed by atoms with van der Waals surface area (Å²) in [6.45, 7) is 4.41. The molecule has 0 aliphatic carbocycles. The van der Waals surface area contributed by atoms with Gasteiger partial charge in [-0.3, -0.25) is 4.79 Å². The van der Waals surface area contributed by atoms with Crippen molar-refractivity contribution in [2.45, 2.75) is 424 Å². The van der Waals surface area contributed by atoms with Crippen LogP contribution in [0.2, 0.25) is 0 Å². The maximum Gasteiger partial charge on any atom is 0.220 e. The normalized spacial score (nSPS) is 12.7. The van der Waals surface area contributed by atoms with E-state index in [9.17, 15) is 15.0 Å². The molecule has 0 aromatic heterocycles. The van der Waals surface area contributed by atoms with Crippen molar-refractivity contribution in [2.24, 2.45) is 0 Å². The smallest absolute Gasteiger partial charge is 0.220 e. The molecule has 0 saturated carbocycles. The second kappa shape index (κ2) is 68.1. The molecule has 0 saturated heterocycles. The van der Waals surface area contributed by atoms with Crippen molar-refractivity contribution in [1.82, 2.24) is 5.32 Å². The minimum Gasteiger partial charge on any atom is -0.394 e. The van der Waals surface area contributed by atoms with Crippen molar-refractivity contribution >= 4 is 5.91 Å². The Bertz CT molecular complexity index is 1120. The predicted molar refractivity (Wildman–Crippen MR) is 341 cm³/mol. The Kier molecular flexibility index (Phi) is 67.1. The van der Waals surface area contributed by atoms with Gasteiger partial charge >= 0.3 is 0 Å². The van der Waals surface area contributed by atoms with Crippen LogP contribution in [0.5, 0.6) is 0 Å². The summed E-state index contributed by atoms with van der Waals surface area (Å²) < 4.78 is 0. The number of aliphatic hydroxyl groups excluding tert-OH is 2. The Balaban J connectivity index is 3.38. The van der Waals surface area contributed by atoms with Crippen LogP contribution in [0.3, 0.4) is 0 Å². The summed E-state index contributed by atoms with van der Waals surface area (Å²) in [5, 5.41) is 23.5. The molecule has 3 N–H and O–H groups in total. The van der Waals surface area contributed by atoms with E-state index in [0.29, 0.717) is 12.8 Å². The molecule has 0 fully saturated rings. The van der Waals surface area contributed by atoms with Crippen molar-refractivity contribution in [1.29, 1.82) is 0 Å². The van der Waals surface area contributed by atoms with E-state index in [0.717, 1.165) is 32.1 Å². The first-order valence-electron chi connectivity index (χ1n) is 35.5. The third kappa shape index (κ3) is 63.7. The first-order valence-corrected chi connectivity index (χ1v) is 35.5. The number of hydrogen-bond donors (Lipinski definition) is 3. The number of rotatable bonds is 67. The van der Waals surface area contributed by atoms with Crippen LogP contribution in [0.25, 0.3) is 0 Å². The van der Waals surface area contributed by atoms with Crippen LogP contribution in [0.4, 0.5) is 0 Å². The highest BCUT2D eigenvalue weighted by atomic mass is 16.3. The van der Waals surface area contributed by atoms with Gasteiger partial charge in [0.25, 0.3) is 0 Å². The molecule has 2 unspecified atom stereocenters. The van der Waals surface area contributed by atoms with Crippen LogP contribution < -0.4 is 5.32 Å². The lowest BCUT2D eigenvalue weighted by Crippen LogP contribution is -2.45. The molecule has 0 rings (SSSR count). The lowest BCUT2D eigenvalue weighted by molar-refractivity contribution is -0.123. The quantitative estimate of drug-likeness (QED) is 0.0420. The number of carbonyl (C=O) groups is 1. The molecule has 4 heteroatoms. The molecule has 4 nitrogen and oxygen atoms in total. The van der Waals surface area contributed by atoms with Gasteiger partial charge in [0.15, 0.2) is 0 Å². The fraction of sp³-hybridized carbons (Fsp3) is 0.931. The molecule has 0 aliphatic heterocycles. The average Bonchev–Trinajstić information content (AvgIpc) is 3.42. The molecule has 76 heavy (non-hydrogen) atoms. The van der Waals surface area contributed by atoms with Crippen molar-refractivity contribution in [2.75, 3.05) is 6.61 Å². The lowest BCUT2D eigenvalue weighted by Gasteiger charge is -2.22. The Hall–Kier alpha value is -1.13. The van der Waals surface area contributed by atoms with Crippen molar-refractivity contribution in [3.05, 3.63) is 24.3 Å². The molecule has 0 aromatic carbocycles. The number of allylic oxidation sites excluding steroid dienone is 4. The molecule has 1 amide bonds. The number of carbonyl (C=O) groups excluding carboxylic acids is 1. The summed E-state index contributed by atoms with van der Waals surface area (Å²) in [4.78, 5) is 12.6. The zero-order chi connectivity index (χ0) is 54.8. The Labute approximate surface area is 479 Å². The van der Waals surface area contributed by atoms with Gasteiger partial charge in [0.1, 0.15) is 0 Å². The van der Waals surface area contributed by atoms with Crippen LogP contribution in [-0.4, -0.2) is 34.9 Å². The van der Waals surface area contributed by atoms with E-state index in [-0.39, 0.29) is 12.5 Å². The first kappa shape index (κ1) is 74.9. The highest BCUT2D eigenvalue weighted by Crippen LogP contribution is 2.19. The topological polar surface area (TPSA) is 69.6 Å². The number of aliphatic hydroxyl groups is 2. The first-order chi connectivity index (χ1) is 37.7. The fourth-order valence-electron chi connectivity index (χ4n) is 11.6. The molecule has 2 atom stereocenters. The third-order valence-electron chi connectivity index (χ3n) is 17.0. The molecule has 0 spiro atoms. The summed E-state index contributed by atoms with van der Waals surface area (Å²) in [5.74, 6) is -0.0229. The standard InChI is InChI=1S/C72H141NO3/c1-3-5-7-9-11-13-15-17-19-21-23-25-27-29-30-31-32-33-34-35-36-37-38-39-40-41-42-44-46-48-50-52-54-56-58-60-62-64-66-68-72(76)73-70(69-74)71(75)67-65-63-61-59-57-55-53-51-49-47-45-43-28-26-24-22-20-18-16-14-12-10-8-6-4-2/h32-33,35-36,70-71,74-75H,3-31,34,37-69H2,1-2H3,(H,73,76)/b33-32-,36-35-. The second-order valence-corrected chi connectivity index (χ2v) is 24.7. The van der Waals surface area contributed by atoms with Gasteiger partial charge in [0, 0.05) is 6.42 Å². The maximum atomic E-state index is 12.6. The number of nitrogens with one attached hydrogen (secondary N) is 1. The minimum atomic E-state index is -0.659. The molecule has 0 radical (unpaired) electrons. The fourth-order valence-corrected chi connectivity index (χ4v) is 11.6. The van der Waals surface area contributed by atoms with Crippen LogP contribution >= 0.6 is 0 Å². The van der Waals surface area contributed by atoms with Gasteiger partial charge < -0.3 is 15.5 Å². The zero-order valence-corrected chi connectivity index (χ0v) is 52.3. The predicted octanol–water partition coefficient (Wildman–Crippen LogP) is 24.2. The monoisotopic (exact) mass is 1070 g/mol. The Morgan fingerprint density at radius 3 is 0.789 bits per heavy atom. The third-order valence-corrected chi connectivity index (χ3v) is 17.0. The van der Waals surface area contributed by atoms with Gasteiger partial charge in [-0.05, 0) is 44.9 Å².